The number of hydrogen-bond acceptors (Lipinski definition) is 6. The van der Waals surface area contributed by atoms with Crippen molar-refractivity contribution in [2.75, 3.05) is 6.54 Å². The molecular formula is C19H21N5O2S. The Labute approximate surface area is 160 Å². The third-order valence-corrected chi connectivity index (χ3v) is 6.22. The van der Waals surface area contributed by atoms with Gasteiger partial charge in [-0.15, -0.1) is 10.2 Å². The van der Waals surface area contributed by atoms with E-state index in [2.05, 4.69) is 31.1 Å². The highest BCUT2D eigenvalue weighted by Crippen LogP contribution is 2.41. The van der Waals surface area contributed by atoms with Gasteiger partial charge in [0.1, 0.15) is 27.4 Å². The molecule has 1 N–H and O–H groups in total. The molecular weight excluding hydrogens is 362 g/mol. The van der Waals surface area contributed by atoms with Crippen LogP contribution < -0.4 is 10.1 Å². The molecule has 1 aliphatic heterocycles. The van der Waals surface area contributed by atoms with Crippen molar-refractivity contribution in [3.05, 3.63) is 23.5 Å². The average Bonchev–Trinajstić information content (AvgIpc) is 3.04. The zero-order valence-electron chi connectivity index (χ0n) is 15.3. The fourth-order valence-electron chi connectivity index (χ4n) is 3.65. The number of carbonyl (C=O) groups excluding carboxylic acids is 1. The zero-order valence-corrected chi connectivity index (χ0v) is 16.1. The number of hydrogen-bond donors (Lipinski definition) is 1. The summed E-state index contributed by atoms with van der Waals surface area (Å²) in [6, 6.07) is 4.62. The average molecular weight is 383 g/mol. The summed E-state index contributed by atoms with van der Waals surface area (Å²) in [6.07, 6.45) is 4.72. The predicted molar refractivity (Wildman–Crippen MR) is 103 cm³/mol. The highest BCUT2D eigenvalue weighted by Gasteiger charge is 2.30. The fraction of sp³-hybridized carbons (Fsp3) is 0.474. The van der Waals surface area contributed by atoms with Crippen LogP contribution in [0.25, 0.3) is 21.6 Å². The van der Waals surface area contributed by atoms with Crippen LogP contribution in [-0.4, -0.2) is 38.3 Å². The Hall–Kier alpha value is -2.48. The molecule has 3 aromatic rings. The Morgan fingerprint density at radius 2 is 2.19 bits per heavy atom. The normalized spacial score (nSPS) is 20.8. The van der Waals surface area contributed by atoms with E-state index in [0.717, 1.165) is 32.4 Å². The molecule has 0 radical (unpaired) electrons. The van der Waals surface area contributed by atoms with Crippen molar-refractivity contribution in [3.63, 3.8) is 0 Å². The van der Waals surface area contributed by atoms with Crippen molar-refractivity contribution in [2.24, 2.45) is 5.92 Å². The van der Waals surface area contributed by atoms with Crippen LogP contribution in [0.4, 0.5) is 0 Å². The first-order valence-electron chi connectivity index (χ1n) is 9.33. The number of amides is 1. The molecule has 1 aliphatic carbocycles. The predicted octanol–water partition coefficient (Wildman–Crippen LogP) is 3.10. The number of aryl methyl sites for hydroxylation is 1. The number of nitrogens with zero attached hydrogens (tertiary/aromatic N) is 4. The summed E-state index contributed by atoms with van der Waals surface area (Å²) < 4.78 is 8.64. The standard InChI is InChI=1S/C19H21N5O2S/c1-10(13-7-17(25)20-8-13)26-16-6-12(19-23-22-11(2)27-19)5-15-18(16)24(9-21-15)14-3-4-14/h5-6,9-10,13-14H,3-4,7-8H2,1-2H3,(H,20,25)/t10?,13-/m1/s1. The minimum absolute atomic E-state index is 0.0684. The topological polar surface area (TPSA) is 81.9 Å². The Morgan fingerprint density at radius 3 is 2.85 bits per heavy atom. The zero-order chi connectivity index (χ0) is 18.5. The number of fused-ring (bicyclic) bond motifs is 1. The van der Waals surface area contributed by atoms with E-state index in [0.29, 0.717) is 19.0 Å². The molecule has 2 atom stereocenters. The molecule has 1 aromatic carbocycles. The number of ether oxygens (including phenoxy) is 1. The quantitative estimate of drug-likeness (QED) is 0.732. The van der Waals surface area contributed by atoms with Gasteiger partial charge in [-0.3, -0.25) is 4.79 Å². The highest BCUT2D eigenvalue weighted by atomic mass is 32.1. The SMILES string of the molecule is Cc1nnc(-c2cc(OC(C)[C@H]3CNC(=O)C3)c3c(c2)ncn3C2CC2)s1. The Bertz CT molecular complexity index is 1020. The highest BCUT2D eigenvalue weighted by molar-refractivity contribution is 7.14. The maximum atomic E-state index is 11.6. The monoisotopic (exact) mass is 383 g/mol. The molecule has 1 unspecified atom stereocenters. The molecule has 1 saturated heterocycles. The Balaban J connectivity index is 1.56. The third-order valence-electron chi connectivity index (χ3n) is 5.33. The smallest absolute Gasteiger partial charge is 0.220 e. The van der Waals surface area contributed by atoms with Gasteiger partial charge < -0.3 is 14.6 Å². The van der Waals surface area contributed by atoms with E-state index >= 15 is 0 Å². The van der Waals surface area contributed by atoms with E-state index in [1.54, 1.807) is 11.3 Å². The van der Waals surface area contributed by atoms with Crippen LogP contribution >= 0.6 is 11.3 Å². The lowest BCUT2D eigenvalue weighted by atomic mass is 10.0. The van der Waals surface area contributed by atoms with Gasteiger partial charge in [-0.05, 0) is 38.8 Å². The molecule has 140 valence electrons. The van der Waals surface area contributed by atoms with Crippen molar-refractivity contribution in [3.8, 4) is 16.3 Å². The van der Waals surface area contributed by atoms with Gasteiger partial charge in [0.2, 0.25) is 5.91 Å². The number of rotatable bonds is 5. The second-order valence-electron chi connectivity index (χ2n) is 7.44. The summed E-state index contributed by atoms with van der Waals surface area (Å²) >= 11 is 1.56. The van der Waals surface area contributed by atoms with E-state index in [1.165, 1.54) is 12.8 Å². The maximum absolute atomic E-state index is 11.6. The summed E-state index contributed by atoms with van der Waals surface area (Å²) in [5.74, 6) is 1.09. The van der Waals surface area contributed by atoms with Crippen LogP contribution in [0.2, 0.25) is 0 Å². The Morgan fingerprint density at radius 1 is 1.33 bits per heavy atom. The minimum Gasteiger partial charge on any atom is -0.488 e. The third kappa shape index (κ3) is 3.07. The van der Waals surface area contributed by atoms with E-state index in [-0.39, 0.29) is 17.9 Å². The number of benzene rings is 1. The largest absolute Gasteiger partial charge is 0.488 e. The van der Waals surface area contributed by atoms with Gasteiger partial charge in [-0.25, -0.2) is 4.98 Å². The summed E-state index contributed by atoms with van der Waals surface area (Å²) in [5, 5.41) is 13.1. The molecule has 1 saturated carbocycles. The van der Waals surface area contributed by atoms with Gasteiger partial charge in [0.15, 0.2) is 0 Å². The van der Waals surface area contributed by atoms with Crippen LogP contribution in [0.15, 0.2) is 18.5 Å². The van der Waals surface area contributed by atoms with Crippen LogP contribution in [0.3, 0.4) is 0 Å². The molecule has 2 aliphatic rings. The first-order valence-corrected chi connectivity index (χ1v) is 10.1. The first-order chi connectivity index (χ1) is 13.1. The van der Waals surface area contributed by atoms with Crippen molar-refractivity contribution in [1.29, 1.82) is 0 Å². The maximum Gasteiger partial charge on any atom is 0.220 e. The first kappa shape index (κ1) is 16.7. The molecule has 27 heavy (non-hydrogen) atoms. The van der Waals surface area contributed by atoms with E-state index in [1.807, 2.05) is 26.2 Å². The van der Waals surface area contributed by atoms with Crippen LogP contribution in [0, 0.1) is 12.8 Å². The summed E-state index contributed by atoms with van der Waals surface area (Å²) in [4.78, 5) is 16.2. The molecule has 0 spiro atoms. The fourth-order valence-corrected chi connectivity index (χ4v) is 4.32. The van der Waals surface area contributed by atoms with Crippen molar-refractivity contribution in [1.82, 2.24) is 25.1 Å². The van der Waals surface area contributed by atoms with Crippen molar-refractivity contribution < 1.29 is 9.53 Å². The van der Waals surface area contributed by atoms with Gasteiger partial charge in [0.05, 0.1) is 11.8 Å². The van der Waals surface area contributed by atoms with E-state index in [4.69, 9.17) is 4.74 Å². The number of aromatic nitrogens is 4. The minimum atomic E-state index is -0.0684. The van der Waals surface area contributed by atoms with Crippen LogP contribution in [-0.2, 0) is 4.79 Å². The second-order valence-corrected chi connectivity index (χ2v) is 8.62. The molecule has 7 nitrogen and oxygen atoms in total. The summed E-state index contributed by atoms with van der Waals surface area (Å²) in [6.45, 7) is 4.65. The molecule has 5 rings (SSSR count). The van der Waals surface area contributed by atoms with E-state index in [9.17, 15) is 4.79 Å². The molecule has 3 heterocycles. The molecule has 0 bridgehead atoms. The van der Waals surface area contributed by atoms with Gasteiger partial charge in [0.25, 0.3) is 0 Å². The lowest BCUT2D eigenvalue weighted by molar-refractivity contribution is -0.119. The second kappa shape index (κ2) is 6.30. The lowest BCUT2D eigenvalue weighted by Gasteiger charge is -2.21. The summed E-state index contributed by atoms with van der Waals surface area (Å²) in [7, 11) is 0. The molecule has 2 fully saturated rings. The number of nitrogens with one attached hydrogen (secondary N) is 1. The number of imidazole rings is 1. The molecule has 2 aromatic heterocycles. The summed E-state index contributed by atoms with van der Waals surface area (Å²) in [5.41, 5.74) is 2.92. The van der Waals surface area contributed by atoms with Crippen LogP contribution in [0.1, 0.15) is 37.2 Å². The van der Waals surface area contributed by atoms with Gasteiger partial charge in [-0.2, -0.15) is 0 Å². The van der Waals surface area contributed by atoms with E-state index < -0.39 is 0 Å². The van der Waals surface area contributed by atoms with Gasteiger partial charge in [-0.1, -0.05) is 11.3 Å². The lowest BCUT2D eigenvalue weighted by Crippen LogP contribution is -2.25. The molecule has 1 amide bonds. The van der Waals surface area contributed by atoms with Crippen LogP contribution in [0.5, 0.6) is 5.75 Å². The van der Waals surface area contributed by atoms with Crippen molar-refractivity contribution in [2.45, 2.75) is 45.3 Å². The number of carbonyl (C=O) groups is 1. The Kier molecular flexibility index (Phi) is 3.89. The van der Waals surface area contributed by atoms with Crippen molar-refractivity contribution >= 4 is 28.3 Å². The molecule has 8 heteroatoms. The van der Waals surface area contributed by atoms with Gasteiger partial charge in [0, 0.05) is 30.5 Å². The van der Waals surface area contributed by atoms with Gasteiger partial charge >= 0.3 is 0 Å².